The molecule has 0 aliphatic heterocycles. The Labute approximate surface area is 236 Å². The molecule has 0 heterocycles. The molecular weight excluding hydrogens is 519 g/mol. The molecule has 204 valence electrons. The number of nitrogens with zero attached hydrogens (tertiary/aromatic N) is 2. The van der Waals surface area contributed by atoms with Gasteiger partial charge >= 0.3 is 0 Å². The molecule has 6 nitrogen and oxygen atoms in total. The topological polar surface area (TPSA) is 112 Å². The van der Waals surface area contributed by atoms with Crippen LogP contribution in [0, 0.1) is 36.5 Å². The zero-order valence-corrected chi connectivity index (χ0v) is 24.2. The monoisotopic (exact) mass is 556 g/mol. The van der Waals surface area contributed by atoms with E-state index in [-0.39, 0.29) is 12.1 Å². The second-order valence-corrected chi connectivity index (χ2v) is 11.8. The summed E-state index contributed by atoms with van der Waals surface area (Å²) in [6.45, 7) is 7.54. The van der Waals surface area contributed by atoms with Crippen molar-refractivity contribution < 1.29 is 10.2 Å². The predicted molar refractivity (Wildman–Crippen MR) is 155 cm³/mol. The third-order valence-electron chi connectivity index (χ3n) is 8.03. The van der Waals surface area contributed by atoms with E-state index >= 15 is 0 Å². The van der Waals surface area contributed by atoms with Crippen LogP contribution in [0.3, 0.4) is 0 Å². The molecule has 2 fully saturated rings. The number of nitriles is 2. The van der Waals surface area contributed by atoms with Crippen LogP contribution in [0.2, 0.25) is 10.0 Å². The SMILES string of the molecule is Cc1c(N[C@@H]2CCCC[C@]2(C)O)ccc(C#N)c1Cl.Cc1c(N[C@H]2CCCC[C@@]2(C)O)ccc(C#N)c1Cl. The fourth-order valence-corrected chi connectivity index (χ4v) is 5.73. The molecule has 2 aliphatic carbocycles. The minimum absolute atomic E-state index is 0.0314. The van der Waals surface area contributed by atoms with Crippen molar-refractivity contribution >= 4 is 34.6 Å². The highest BCUT2D eigenvalue weighted by Gasteiger charge is 2.35. The molecule has 0 saturated heterocycles. The van der Waals surface area contributed by atoms with Gasteiger partial charge in [-0.1, -0.05) is 48.9 Å². The van der Waals surface area contributed by atoms with Gasteiger partial charge in [-0.2, -0.15) is 10.5 Å². The molecule has 2 aromatic rings. The number of benzene rings is 2. The molecular formula is C30H38Cl2N4O2. The smallest absolute Gasteiger partial charge is 0.101 e. The van der Waals surface area contributed by atoms with Crippen molar-refractivity contribution in [3.05, 3.63) is 56.6 Å². The van der Waals surface area contributed by atoms with Crippen LogP contribution in [-0.4, -0.2) is 33.5 Å². The zero-order chi connectivity index (χ0) is 28.1. The van der Waals surface area contributed by atoms with E-state index in [1.807, 2.05) is 39.8 Å². The normalized spacial score (nSPS) is 26.8. The van der Waals surface area contributed by atoms with Crippen molar-refractivity contribution in [3.8, 4) is 12.1 Å². The number of hydrogen-bond acceptors (Lipinski definition) is 6. The average Bonchev–Trinajstić information content (AvgIpc) is 2.87. The van der Waals surface area contributed by atoms with E-state index in [0.29, 0.717) is 21.2 Å². The lowest BCUT2D eigenvalue weighted by atomic mass is 9.81. The van der Waals surface area contributed by atoms with E-state index in [9.17, 15) is 10.2 Å². The van der Waals surface area contributed by atoms with E-state index in [1.165, 1.54) is 0 Å². The van der Waals surface area contributed by atoms with Crippen molar-refractivity contribution in [2.24, 2.45) is 0 Å². The van der Waals surface area contributed by atoms with Crippen LogP contribution in [0.15, 0.2) is 24.3 Å². The van der Waals surface area contributed by atoms with E-state index in [0.717, 1.165) is 73.9 Å². The molecule has 0 amide bonds. The number of hydrogen-bond donors (Lipinski definition) is 4. The van der Waals surface area contributed by atoms with Gasteiger partial charge in [-0.15, -0.1) is 0 Å². The highest BCUT2D eigenvalue weighted by molar-refractivity contribution is 6.33. The second kappa shape index (κ2) is 12.6. The third kappa shape index (κ3) is 6.93. The summed E-state index contributed by atoms with van der Waals surface area (Å²) in [6, 6.07) is 11.4. The number of nitrogens with one attached hydrogen (secondary N) is 2. The maximum absolute atomic E-state index is 10.4. The van der Waals surface area contributed by atoms with Crippen LogP contribution >= 0.6 is 23.2 Å². The minimum atomic E-state index is -0.689. The fourth-order valence-electron chi connectivity index (χ4n) is 5.32. The summed E-state index contributed by atoms with van der Waals surface area (Å²) in [5.41, 5.74) is 3.12. The van der Waals surface area contributed by atoms with Gasteiger partial charge in [0.15, 0.2) is 0 Å². The van der Waals surface area contributed by atoms with Crippen molar-refractivity contribution in [3.63, 3.8) is 0 Å². The first-order valence-electron chi connectivity index (χ1n) is 13.3. The summed E-state index contributed by atoms with van der Waals surface area (Å²) < 4.78 is 0. The molecule has 4 N–H and O–H groups in total. The summed E-state index contributed by atoms with van der Waals surface area (Å²) in [7, 11) is 0. The lowest BCUT2D eigenvalue weighted by Crippen LogP contribution is -2.46. The Kier molecular flexibility index (Phi) is 9.96. The van der Waals surface area contributed by atoms with Gasteiger partial charge in [0.2, 0.25) is 0 Å². The summed E-state index contributed by atoms with van der Waals surface area (Å²) in [5, 5.41) is 46.5. The van der Waals surface area contributed by atoms with Gasteiger partial charge < -0.3 is 20.8 Å². The predicted octanol–water partition coefficient (Wildman–Crippen LogP) is 7.25. The summed E-state index contributed by atoms with van der Waals surface area (Å²) in [4.78, 5) is 0. The number of aliphatic hydroxyl groups is 2. The van der Waals surface area contributed by atoms with Crippen LogP contribution in [0.1, 0.15) is 87.5 Å². The Morgan fingerprint density at radius 1 is 0.737 bits per heavy atom. The summed E-state index contributed by atoms with van der Waals surface area (Å²) >= 11 is 12.3. The molecule has 0 aromatic heterocycles. The highest BCUT2D eigenvalue weighted by Crippen LogP contribution is 2.35. The molecule has 38 heavy (non-hydrogen) atoms. The molecule has 2 saturated carbocycles. The third-order valence-corrected chi connectivity index (χ3v) is 9.00. The van der Waals surface area contributed by atoms with Crippen LogP contribution in [0.25, 0.3) is 0 Å². The van der Waals surface area contributed by atoms with Crippen molar-refractivity contribution in [2.75, 3.05) is 10.6 Å². The highest BCUT2D eigenvalue weighted by atomic mass is 35.5. The van der Waals surface area contributed by atoms with Crippen LogP contribution in [0.4, 0.5) is 11.4 Å². The first kappa shape index (κ1) is 30.1. The van der Waals surface area contributed by atoms with Gasteiger partial charge in [-0.05, 0) is 88.8 Å². The maximum atomic E-state index is 10.4. The van der Waals surface area contributed by atoms with Gasteiger partial charge in [0, 0.05) is 11.4 Å². The van der Waals surface area contributed by atoms with Crippen LogP contribution < -0.4 is 10.6 Å². The number of halogens is 2. The molecule has 8 heteroatoms. The molecule has 2 aliphatic rings. The van der Waals surface area contributed by atoms with Gasteiger partial charge in [-0.25, -0.2) is 0 Å². The Morgan fingerprint density at radius 3 is 1.42 bits per heavy atom. The van der Waals surface area contributed by atoms with Crippen LogP contribution in [-0.2, 0) is 0 Å². The first-order chi connectivity index (χ1) is 17.9. The molecule has 0 bridgehead atoms. The quantitative estimate of drug-likeness (QED) is 0.315. The van der Waals surface area contributed by atoms with Gasteiger partial charge in [-0.3, -0.25) is 0 Å². The first-order valence-corrected chi connectivity index (χ1v) is 14.0. The molecule has 4 rings (SSSR count). The van der Waals surface area contributed by atoms with Crippen molar-refractivity contribution in [2.45, 2.75) is 102 Å². The summed E-state index contributed by atoms with van der Waals surface area (Å²) in [5.74, 6) is 0. The van der Waals surface area contributed by atoms with Crippen molar-refractivity contribution in [1.82, 2.24) is 0 Å². The van der Waals surface area contributed by atoms with Crippen molar-refractivity contribution in [1.29, 1.82) is 10.5 Å². The van der Waals surface area contributed by atoms with E-state index in [2.05, 4.69) is 22.8 Å². The van der Waals surface area contributed by atoms with E-state index in [4.69, 9.17) is 33.7 Å². The largest absolute Gasteiger partial charge is 0.388 e. The zero-order valence-electron chi connectivity index (χ0n) is 22.7. The Hall–Kier alpha value is -2.48. The lowest BCUT2D eigenvalue weighted by molar-refractivity contribution is 0.0102. The summed E-state index contributed by atoms with van der Waals surface area (Å²) in [6.07, 6.45) is 7.90. The maximum Gasteiger partial charge on any atom is 0.101 e. The average molecular weight is 558 g/mol. The van der Waals surface area contributed by atoms with Gasteiger partial charge in [0.05, 0.1) is 44.5 Å². The molecule has 0 spiro atoms. The standard InChI is InChI=1S/2C15H19ClN2O/c2*1-10-12(7-6-11(9-17)14(10)16)18-13-5-3-4-8-15(13,2)19/h2*6-7,13,18-19H,3-5,8H2,1-2H3/t2*13-,15+/m10/s1. The molecule has 4 atom stereocenters. The molecule has 0 unspecified atom stereocenters. The van der Waals surface area contributed by atoms with Gasteiger partial charge in [0.25, 0.3) is 0 Å². The number of rotatable bonds is 4. The van der Waals surface area contributed by atoms with Crippen LogP contribution in [0.5, 0.6) is 0 Å². The Balaban J connectivity index is 0.000000211. The minimum Gasteiger partial charge on any atom is -0.388 e. The number of anilines is 2. The Bertz CT molecular complexity index is 1130. The van der Waals surface area contributed by atoms with E-state index < -0.39 is 11.2 Å². The van der Waals surface area contributed by atoms with Gasteiger partial charge in [0.1, 0.15) is 12.1 Å². The second-order valence-electron chi connectivity index (χ2n) is 11.0. The Morgan fingerprint density at radius 2 is 1.11 bits per heavy atom. The van der Waals surface area contributed by atoms with E-state index in [1.54, 1.807) is 12.1 Å². The lowest BCUT2D eigenvalue weighted by Gasteiger charge is -2.38. The molecule has 0 radical (unpaired) electrons. The fraction of sp³-hybridized carbons (Fsp3) is 0.533. The molecule has 2 aromatic carbocycles.